The maximum absolute atomic E-state index is 12.3. The van der Waals surface area contributed by atoms with Crippen molar-refractivity contribution in [1.82, 2.24) is 10.2 Å². The molecule has 3 rings (SSSR count). The summed E-state index contributed by atoms with van der Waals surface area (Å²) in [5.74, 6) is -0.552. The van der Waals surface area contributed by atoms with Crippen LogP contribution in [0.3, 0.4) is 0 Å². The predicted molar refractivity (Wildman–Crippen MR) is 79.9 cm³/mol. The normalized spacial score (nSPS) is 24.0. The van der Waals surface area contributed by atoms with Crippen LogP contribution < -0.4 is 11.1 Å². The van der Waals surface area contributed by atoms with E-state index in [1.807, 2.05) is 18.2 Å². The number of nitrogens with one attached hydrogen (secondary N) is 1. The number of nitrogens with two attached hydrogens (primary N) is 1. The Morgan fingerprint density at radius 2 is 2.14 bits per heavy atom. The third kappa shape index (κ3) is 2.70. The maximum Gasteiger partial charge on any atom is 0.317 e. The Morgan fingerprint density at radius 1 is 1.33 bits per heavy atom. The van der Waals surface area contributed by atoms with Gasteiger partial charge in [-0.1, -0.05) is 23.7 Å². The van der Waals surface area contributed by atoms with Crippen LogP contribution >= 0.6 is 11.6 Å². The molecule has 1 aliphatic carbocycles. The Balaban J connectivity index is 1.65. The summed E-state index contributed by atoms with van der Waals surface area (Å²) in [6, 6.07) is 5.66. The van der Waals surface area contributed by atoms with Crippen LogP contribution in [0.2, 0.25) is 5.02 Å². The van der Waals surface area contributed by atoms with Crippen LogP contribution in [0.1, 0.15) is 30.0 Å². The number of carbonyl (C=O) groups excluding carboxylic acids is 2. The lowest BCUT2D eigenvalue weighted by Gasteiger charge is -2.21. The van der Waals surface area contributed by atoms with E-state index in [0.29, 0.717) is 19.5 Å². The first-order valence-electron chi connectivity index (χ1n) is 7.18. The van der Waals surface area contributed by atoms with Crippen molar-refractivity contribution < 1.29 is 9.59 Å². The van der Waals surface area contributed by atoms with Crippen LogP contribution in [0.15, 0.2) is 18.2 Å². The van der Waals surface area contributed by atoms with E-state index in [1.54, 1.807) is 4.90 Å². The van der Waals surface area contributed by atoms with E-state index in [2.05, 4.69) is 5.32 Å². The number of rotatable bonds is 2. The second-order valence-electron chi connectivity index (χ2n) is 5.68. The van der Waals surface area contributed by atoms with Gasteiger partial charge in [0, 0.05) is 18.1 Å². The standard InChI is InChI=1S/C15H18ClN3O2/c16-12-3-1-2-11-10(12)4-5-13(11)18-15(21)19-7-6-9(8-19)14(17)20/h1-3,9,13H,4-8H2,(H2,17,20)(H,18,21)/t9-,13+/m1/s1. The average Bonchev–Trinajstić information content (AvgIpc) is 3.07. The van der Waals surface area contributed by atoms with Crippen molar-refractivity contribution >= 4 is 23.5 Å². The molecule has 1 aliphatic heterocycles. The van der Waals surface area contributed by atoms with Gasteiger partial charge in [-0.05, 0) is 36.5 Å². The first-order valence-corrected chi connectivity index (χ1v) is 7.56. The molecular formula is C15H18ClN3O2. The zero-order valence-electron chi connectivity index (χ0n) is 11.6. The minimum absolute atomic E-state index is 0.00109. The van der Waals surface area contributed by atoms with Crippen molar-refractivity contribution in [3.63, 3.8) is 0 Å². The fourth-order valence-electron chi connectivity index (χ4n) is 3.18. The highest BCUT2D eigenvalue weighted by Crippen LogP contribution is 2.35. The quantitative estimate of drug-likeness (QED) is 0.875. The van der Waals surface area contributed by atoms with Crippen molar-refractivity contribution in [3.05, 3.63) is 34.3 Å². The van der Waals surface area contributed by atoms with Crippen LogP contribution in [-0.4, -0.2) is 29.9 Å². The largest absolute Gasteiger partial charge is 0.369 e. The molecule has 21 heavy (non-hydrogen) atoms. The highest BCUT2D eigenvalue weighted by Gasteiger charge is 2.32. The molecule has 0 aromatic heterocycles. The van der Waals surface area contributed by atoms with Crippen LogP contribution in [0.25, 0.3) is 0 Å². The monoisotopic (exact) mass is 307 g/mol. The molecule has 1 heterocycles. The van der Waals surface area contributed by atoms with E-state index < -0.39 is 0 Å². The second-order valence-corrected chi connectivity index (χ2v) is 6.09. The van der Waals surface area contributed by atoms with E-state index >= 15 is 0 Å². The summed E-state index contributed by atoms with van der Waals surface area (Å²) in [5.41, 5.74) is 7.52. The van der Waals surface area contributed by atoms with Crippen molar-refractivity contribution in [3.8, 4) is 0 Å². The van der Waals surface area contributed by atoms with Gasteiger partial charge in [-0.15, -0.1) is 0 Å². The Kier molecular flexibility index (Phi) is 3.76. The van der Waals surface area contributed by atoms with Gasteiger partial charge in [0.15, 0.2) is 0 Å². The van der Waals surface area contributed by atoms with E-state index in [-0.39, 0.29) is 23.9 Å². The summed E-state index contributed by atoms with van der Waals surface area (Å²) in [6.07, 6.45) is 2.39. The number of nitrogens with zero attached hydrogens (tertiary/aromatic N) is 1. The van der Waals surface area contributed by atoms with Crippen molar-refractivity contribution in [2.75, 3.05) is 13.1 Å². The number of carbonyl (C=O) groups is 2. The Morgan fingerprint density at radius 3 is 2.86 bits per heavy atom. The molecule has 1 aromatic carbocycles. The topological polar surface area (TPSA) is 75.4 Å². The lowest BCUT2D eigenvalue weighted by molar-refractivity contribution is -0.121. The van der Waals surface area contributed by atoms with E-state index in [0.717, 1.165) is 29.0 Å². The summed E-state index contributed by atoms with van der Waals surface area (Å²) in [6.45, 7) is 0.991. The molecule has 5 nitrogen and oxygen atoms in total. The molecule has 1 aromatic rings. The van der Waals surface area contributed by atoms with Crippen molar-refractivity contribution in [1.29, 1.82) is 0 Å². The van der Waals surface area contributed by atoms with Gasteiger partial charge in [0.25, 0.3) is 0 Å². The van der Waals surface area contributed by atoms with Gasteiger partial charge in [0.05, 0.1) is 12.0 Å². The number of hydrogen-bond acceptors (Lipinski definition) is 2. The van der Waals surface area contributed by atoms with Gasteiger partial charge < -0.3 is 16.0 Å². The van der Waals surface area contributed by atoms with Crippen molar-refractivity contribution in [2.24, 2.45) is 11.7 Å². The third-order valence-corrected chi connectivity index (χ3v) is 4.74. The first kappa shape index (κ1) is 14.2. The molecule has 0 spiro atoms. The molecule has 0 unspecified atom stereocenters. The lowest BCUT2D eigenvalue weighted by atomic mass is 10.1. The Hall–Kier alpha value is -1.75. The molecular weight excluding hydrogens is 290 g/mol. The number of primary amides is 1. The number of likely N-dealkylation sites (tertiary alicyclic amines) is 1. The van der Waals surface area contributed by atoms with Crippen LogP contribution in [0.5, 0.6) is 0 Å². The van der Waals surface area contributed by atoms with Crippen LogP contribution in [0, 0.1) is 5.92 Å². The summed E-state index contributed by atoms with van der Waals surface area (Å²) in [5, 5.41) is 3.80. The summed E-state index contributed by atoms with van der Waals surface area (Å²) in [4.78, 5) is 25.1. The molecule has 112 valence electrons. The van der Waals surface area contributed by atoms with Crippen LogP contribution in [0.4, 0.5) is 4.79 Å². The summed E-state index contributed by atoms with van der Waals surface area (Å²) in [7, 11) is 0. The van der Waals surface area contributed by atoms with Gasteiger partial charge in [-0.3, -0.25) is 4.79 Å². The van der Waals surface area contributed by atoms with Gasteiger partial charge in [0.2, 0.25) is 5.91 Å². The zero-order chi connectivity index (χ0) is 15.0. The molecule has 1 fully saturated rings. The van der Waals surface area contributed by atoms with E-state index in [9.17, 15) is 9.59 Å². The number of fused-ring (bicyclic) bond motifs is 1. The predicted octanol–water partition coefficient (Wildman–Crippen LogP) is 1.84. The molecule has 0 bridgehead atoms. The fourth-order valence-corrected chi connectivity index (χ4v) is 3.45. The average molecular weight is 308 g/mol. The summed E-state index contributed by atoms with van der Waals surface area (Å²) < 4.78 is 0. The highest BCUT2D eigenvalue weighted by atomic mass is 35.5. The lowest BCUT2D eigenvalue weighted by Crippen LogP contribution is -2.40. The van der Waals surface area contributed by atoms with Gasteiger partial charge in [-0.25, -0.2) is 4.79 Å². The van der Waals surface area contributed by atoms with Crippen molar-refractivity contribution in [2.45, 2.75) is 25.3 Å². The smallest absolute Gasteiger partial charge is 0.317 e. The Bertz CT molecular complexity index is 590. The second kappa shape index (κ2) is 5.56. The SMILES string of the molecule is NC(=O)[C@@H]1CCN(C(=O)N[C@H]2CCc3c(Cl)cccc32)C1. The number of benzene rings is 1. The minimum Gasteiger partial charge on any atom is -0.369 e. The van der Waals surface area contributed by atoms with Crippen LogP contribution in [-0.2, 0) is 11.2 Å². The Labute approximate surface area is 128 Å². The van der Waals surface area contributed by atoms with Gasteiger partial charge >= 0.3 is 6.03 Å². The number of hydrogen-bond donors (Lipinski definition) is 2. The summed E-state index contributed by atoms with van der Waals surface area (Å²) >= 11 is 6.18. The van der Waals surface area contributed by atoms with E-state index in [1.165, 1.54) is 0 Å². The van der Waals surface area contributed by atoms with Gasteiger partial charge in [0.1, 0.15) is 0 Å². The molecule has 6 heteroatoms. The molecule has 2 atom stereocenters. The molecule has 3 amide bonds. The molecule has 0 radical (unpaired) electrons. The van der Waals surface area contributed by atoms with Gasteiger partial charge in [-0.2, -0.15) is 0 Å². The molecule has 3 N–H and O–H groups in total. The minimum atomic E-state index is -0.330. The number of urea groups is 1. The van der Waals surface area contributed by atoms with E-state index in [4.69, 9.17) is 17.3 Å². The first-order chi connectivity index (χ1) is 10.1. The molecule has 2 aliphatic rings. The fraction of sp³-hybridized carbons (Fsp3) is 0.467. The highest BCUT2D eigenvalue weighted by molar-refractivity contribution is 6.31. The number of halogens is 1. The maximum atomic E-state index is 12.3. The third-order valence-electron chi connectivity index (χ3n) is 4.39. The zero-order valence-corrected chi connectivity index (χ0v) is 12.4. The number of amides is 3. The molecule has 1 saturated heterocycles. The molecule has 0 saturated carbocycles.